The van der Waals surface area contributed by atoms with Crippen LogP contribution in [0, 0.1) is 12.8 Å². The number of methoxy groups -OCH3 is 1. The Bertz CT molecular complexity index is 1350. The molecule has 2 aromatic carbocycles. The molecule has 2 aliphatic heterocycles. The van der Waals surface area contributed by atoms with Gasteiger partial charge in [-0.05, 0) is 88.0 Å². The summed E-state index contributed by atoms with van der Waals surface area (Å²) in [6, 6.07) is 19.0. The Morgan fingerprint density at radius 1 is 1.10 bits per heavy atom. The summed E-state index contributed by atoms with van der Waals surface area (Å²) < 4.78 is 17.8. The quantitative estimate of drug-likeness (QED) is 0.397. The highest BCUT2D eigenvalue weighted by Crippen LogP contribution is 2.33. The number of aryl methyl sites for hydroxylation is 1. The van der Waals surface area contributed by atoms with E-state index in [1.165, 1.54) is 16.7 Å². The third-order valence-corrected chi connectivity index (χ3v) is 7.59. The molecule has 0 saturated carbocycles. The zero-order valence-corrected chi connectivity index (χ0v) is 24.3. The van der Waals surface area contributed by atoms with Crippen molar-refractivity contribution in [3.05, 3.63) is 76.9 Å². The zero-order chi connectivity index (χ0) is 28.3. The van der Waals surface area contributed by atoms with Crippen LogP contribution in [0.5, 0.6) is 5.75 Å². The van der Waals surface area contributed by atoms with Crippen molar-refractivity contribution in [3.8, 4) is 17.0 Å². The Hall–Kier alpha value is -3.42. The third-order valence-electron chi connectivity index (χ3n) is 7.59. The molecule has 7 nitrogen and oxygen atoms in total. The predicted molar refractivity (Wildman–Crippen MR) is 158 cm³/mol. The molecule has 1 saturated heterocycles. The minimum Gasteiger partial charge on any atom is -0.488 e. The Morgan fingerprint density at radius 2 is 1.95 bits per heavy atom. The molecule has 0 bridgehead atoms. The highest BCUT2D eigenvalue weighted by Gasteiger charge is 2.37. The van der Waals surface area contributed by atoms with E-state index in [0.717, 1.165) is 47.9 Å². The number of piperidine rings is 1. The molecule has 1 N–H and O–H groups in total. The Balaban J connectivity index is 1.32. The largest absolute Gasteiger partial charge is 0.488 e. The van der Waals surface area contributed by atoms with Crippen molar-refractivity contribution in [2.24, 2.45) is 5.92 Å². The first-order valence-corrected chi connectivity index (χ1v) is 14.2. The third kappa shape index (κ3) is 6.65. The molecule has 212 valence electrons. The van der Waals surface area contributed by atoms with Crippen LogP contribution >= 0.6 is 0 Å². The van der Waals surface area contributed by atoms with Crippen LogP contribution in [0.4, 0.5) is 5.82 Å². The van der Waals surface area contributed by atoms with Crippen LogP contribution in [0.2, 0.25) is 0 Å². The van der Waals surface area contributed by atoms with Crippen LogP contribution < -0.4 is 15.0 Å². The number of rotatable bonds is 7. The van der Waals surface area contributed by atoms with Gasteiger partial charge in [0.1, 0.15) is 23.8 Å². The van der Waals surface area contributed by atoms with Gasteiger partial charge in [0.05, 0.1) is 17.7 Å². The summed E-state index contributed by atoms with van der Waals surface area (Å²) in [5, 5.41) is 3.43. The SMILES string of the molecule is CO[C@H]1CN(c2cccc(-c3cc(C)ccc3OCc3ccc4c(c3)CCNC4)n2)CC[C@H]1C(=O)OC(C)(C)C. The van der Waals surface area contributed by atoms with Crippen molar-refractivity contribution in [1.82, 2.24) is 10.3 Å². The average molecular weight is 544 g/mol. The number of esters is 1. The first kappa shape index (κ1) is 28.1. The second kappa shape index (κ2) is 12.0. The lowest BCUT2D eigenvalue weighted by atomic mass is 9.93. The highest BCUT2D eigenvalue weighted by atomic mass is 16.6. The lowest BCUT2D eigenvalue weighted by Gasteiger charge is -2.38. The molecule has 5 rings (SSSR count). The molecule has 3 heterocycles. The van der Waals surface area contributed by atoms with Crippen molar-refractivity contribution in [1.29, 1.82) is 0 Å². The molecule has 0 spiro atoms. The van der Waals surface area contributed by atoms with Crippen LogP contribution in [0.3, 0.4) is 0 Å². The first-order chi connectivity index (χ1) is 19.2. The van der Waals surface area contributed by atoms with Gasteiger partial charge in [-0.2, -0.15) is 0 Å². The van der Waals surface area contributed by atoms with Crippen LogP contribution in [0.25, 0.3) is 11.3 Å². The molecular formula is C33H41N3O4. The Morgan fingerprint density at radius 3 is 2.75 bits per heavy atom. The van der Waals surface area contributed by atoms with Gasteiger partial charge < -0.3 is 24.4 Å². The number of carbonyl (C=O) groups excluding carboxylic acids is 1. The maximum atomic E-state index is 12.8. The van der Waals surface area contributed by atoms with Gasteiger partial charge in [0.2, 0.25) is 0 Å². The molecule has 7 heteroatoms. The van der Waals surface area contributed by atoms with Gasteiger partial charge in [0, 0.05) is 32.3 Å². The van der Waals surface area contributed by atoms with Crippen LogP contribution in [-0.2, 0) is 33.8 Å². The topological polar surface area (TPSA) is 72.9 Å². The van der Waals surface area contributed by atoms with E-state index in [0.29, 0.717) is 26.1 Å². The minimum atomic E-state index is -0.520. The van der Waals surface area contributed by atoms with E-state index < -0.39 is 5.60 Å². The number of aromatic nitrogens is 1. The molecule has 3 aromatic rings. The van der Waals surface area contributed by atoms with E-state index in [9.17, 15) is 4.79 Å². The van der Waals surface area contributed by atoms with E-state index in [1.807, 2.05) is 45.0 Å². The van der Waals surface area contributed by atoms with Crippen LogP contribution in [-0.4, -0.2) is 49.4 Å². The van der Waals surface area contributed by atoms with E-state index in [-0.39, 0.29) is 18.0 Å². The second-order valence-corrected chi connectivity index (χ2v) is 11.8. The van der Waals surface area contributed by atoms with E-state index in [4.69, 9.17) is 19.2 Å². The molecule has 0 aliphatic carbocycles. The number of benzene rings is 2. The fourth-order valence-corrected chi connectivity index (χ4v) is 5.51. The van der Waals surface area contributed by atoms with Crippen molar-refractivity contribution >= 4 is 11.8 Å². The number of hydrogen-bond donors (Lipinski definition) is 1. The summed E-state index contributed by atoms with van der Waals surface area (Å²) >= 11 is 0. The summed E-state index contributed by atoms with van der Waals surface area (Å²) in [6.45, 7) is 11.5. The molecule has 1 aromatic heterocycles. The van der Waals surface area contributed by atoms with Gasteiger partial charge >= 0.3 is 5.97 Å². The molecule has 40 heavy (non-hydrogen) atoms. The summed E-state index contributed by atoms with van der Waals surface area (Å²) in [5.41, 5.74) is 6.40. The molecule has 0 radical (unpaired) electrons. The summed E-state index contributed by atoms with van der Waals surface area (Å²) in [4.78, 5) is 20.1. The molecule has 2 atom stereocenters. The Kier molecular flexibility index (Phi) is 8.43. The smallest absolute Gasteiger partial charge is 0.312 e. The average Bonchev–Trinajstić information content (AvgIpc) is 2.95. The molecule has 1 fully saturated rings. The van der Waals surface area contributed by atoms with Gasteiger partial charge in [0.25, 0.3) is 0 Å². The lowest BCUT2D eigenvalue weighted by Crippen LogP contribution is -2.49. The minimum absolute atomic E-state index is 0.196. The van der Waals surface area contributed by atoms with Gasteiger partial charge in [0.15, 0.2) is 0 Å². The van der Waals surface area contributed by atoms with Crippen molar-refractivity contribution < 1.29 is 19.0 Å². The van der Waals surface area contributed by atoms with Gasteiger partial charge in [-0.1, -0.05) is 35.9 Å². The molecule has 0 amide bonds. The number of pyridine rings is 1. The number of nitrogens with zero attached hydrogens (tertiary/aromatic N) is 2. The number of ether oxygens (including phenoxy) is 3. The number of hydrogen-bond acceptors (Lipinski definition) is 7. The van der Waals surface area contributed by atoms with E-state index >= 15 is 0 Å². The first-order valence-electron chi connectivity index (χ1n) is 14.2. The number of carbonyl (C=O) groups is 1. The van der Waals surface area contributed by atoms with Gasteiger partial charge in [-0.25, -0.2) is 4.98 Å². The Labute approximate surface area is 237 Å². The van der Waals surface area contributed by atoms with Gasteiger partial charge in [-0.3, -0.25) is 4.79 Å². The van der Waals surface area contributed by atoms with E-state index in [1.54, 1.807) is 7.11 Å². The predicted octanol–water partition coefficient (Wildman–Crippen LogP) is 5.46. The maximum absolute atomic E-state index is 12.8. The van der Waals surface area contributed by atoms with Crippen molar-refractivity contribution in [2.45, 2.75) is 65.4 Å². The summed E-state index contributed by atoms with van der Waals surface area (Å²) in [5.74, 6) is 1.18. The maximum Gasteiger partial charge on any atom is 0.312 e. The molecule has 2 aliphatic rings. The summed E-state index contributed by atoms with van der Waals surface area (Å²) in [6.07, 6.45) is 1.43. The fraction of sp³-hybridized carbons (Fsp3) is 0.455. The van der Waals surface area contributed by atoms with E-state index in [2.05, 4.69) is 47.5 Å². The van der Waals surface area contributed by atoms with Crippen molar-refractivity contribution in [2.75, 3.05) is 31.6 Å². The van der Waals surface area contributed by atoms with Crippen LogP contribution in [0.1, 0.15) is 49.4 Å². The van der Waals surface area contributed by atoms with Crippen LogP contribution in [0.15, 0.2) is 54.6 Å². The lowest BCUT2D eigenvalue weighted by molar-refractivity contribution is -0.165. The number of nitrogens with one attached hydrogen (secondary N) is 1. The number of fused-ring (bicyclic) bond motifs is 1. The molecule has 0 unspecified atom stereocenters. The number of anilines is 1. The monoisotopic (exact) mass is 543 g/mol. The zero-order valence-electron chi connectivity index (χ0n) is 24.3. The van der Waals surface area contributed by atoms with Gasteiger partial charge in [-0.15, -0.1) is 0 Å². The molecular weight excluding hydrogens is 502 g/mol. The standard InChI is InChI=1S/C33H41N3O4/c1-22-9-12-29(39-21-23-10-11-25-19-34-15-13-24(25)18-23)27(17-22)28-7-6-8-31(35-28)36-16-14-26(30(20-36)38-5)32(37)40-33(2,3)4/h6-12,17-18,26,30,34H,13-16,19-21H2,1-5H3/t26-,30+/m1/s1. The fourth-order valence-electron chi connectivity index (χ4n) is 5.51. The normalized spacial score (nSPS) is 19.2. The summed E-state index contributed by atoms with van der Waals surface area (Å²) in [7, 11) is 1.66. The highest BCUT2D eigenvalue weighted by molar-refractivity contribution is 5.74. The second-order valence-electron chi connectivity index (χ2n) is 11.8. The van der Waals surface area contributed by atoms with Crippen molar-refractivity contribution in [3.63, 3.8) is 0 Å².